The van der Waals surface area contributed by atoms with Crippen LogP contribution in [0.5, 0.6) is 0 Å². The number of rotatable bonds is 4. The molecule has 0 unspecified atom stereocenters. The van der Waals surface area contributed by atoms with Crippen molar-refractivity contribution in [3.63, 3.8) is 0 Å². The van der Waals surface area contributed by atoms with Crippen molar-refractivity contribution in [1.82, 2.24) is 15.2 Å². The highest BCUT2D eigenvalue weighted by Crippen LogP contribution is 2.17. The molecule has 6 heteroatoms. The Balaban J connectivity index is 2.16. The van der Waals surface area contributed by atoms with E-state index in [1.807, 2.05) is 24.9 Å². The van der Waals surface area contributed by atoms with Crippen LogP contribution in [0.1, 0.15) is 16.3 Å². The summed E-state index contributed by atoms with van der Waals surface area (Å²) in [5.74, 6) is 0.820. The van der Waals surface area contributed by atoms with E-state index in [1.54, 1.807) is 17.5 Å². The summed E-state index contributed by atoms with van der Waals surface area (Å²) in [6, 6.07) is 1.89. The van der Waals surface area contributed by atoms with E-state index in [0.29, 0.717) is 6.54 Å². The van der Waals surface area contributed by atoms with Crippen LogP contribution in [-0.4, -0.2) is 22.2 Å². The molecule has 2 N–H and O–H groups in total. The van der Waals surface area contributed by atoms with Crippen molar-refractivity contribution in [3.05, 3.63) is 33.9 Å². The monoisotopic (exact) mass is 249 g/mol. The standard InChI is InChI=1S/C11H15N5S/c1-8-14-10(7-17-8)6-16(2)11-9(5-12)3-4-13-15-11/h3-4,7H,5-6,12H2,1-2H3. The van der Waals surface area contributed by atoms with E-state index in [4.69, 9.17) is 5.73 Å². The first-order valence-electron chi connectivity index (χ1n) is 5.33. The zero-order valence-corrected chi connectivity index (χ0v) is 10.7. The van der Waals surface area contributed by atoms with Crippen LogP contribution in [0.25, 0.3) is 0 Å². The Morgan fingerprint density at radius 2 is 2.29 bits per heavy atom. The van der Waals surface area contributed by atoms with Crippen LogP contribution < -0.4 is 10.6 Å². The maximum atomic E-state index is 5.68. The van der Waals surface area contributed by atoms with E-state index >= 15 is 0 Å². The van der Waals surface area contributed by atoms with Gasteiger partial charge in [-0.1, -0.05) is 0 Å². The number of thiazole rings is 1. The zero-order valence-electron chi connectivity index (χ0n) is 9.92. The minimum atomic E-state index is 0.464. The third-order valence-electron chi connectivity index (χ3n) is 2.43. The summed E-state index contributed by atoms with van der Waals surface area (Å²) in [6.45, 7) is 3.18. The molecule has 0 aliphatic carbocycles. The van der Waals surface area contributed by atoms with Crippen molar-refractivity contribution in [2.24, 2.45) is 5.73 Å². The molecule has 0 aliphatic rings. The molecular weight excluding hydrogens is 234 g/mol. The Labute approximate surface area is 104 Å². The first-order chi connectivity index (χ1) is 8.20. The van der Waals surface area contributed by atoms with Gasteiger partial charge in [-0.15, -0.1) is 16.4 Å². The maximum absolute atomic E-state index is 5.68. The van der Waals surface area contributed by atoms with Crippen LogP contribution in [0.15, 0.2) is 17.6 Å². The fourth-order valence-electron chi connectivity index (χ4n) is 1.63. The first kappa shape index (κ1) is 11.9. The number of hydrogen-bond donors (Lipinski definition) is 1. The topological polar surface area (TPSA) is 67.9 Å². The molecular formula is C11H15N5S. The molecule has 0 fully saturated rings. The Kier molecular flexibility index (Phi) is 3.65. The van der Waals surface area contributed by atoms with Crippen molar-refractivity contribution in [3.8, 4) is 0 Å². The van der Waals surface area contributed by atoms with Crippen molar-refractivity contribution in [1.29, 1.82) is 0 Å². The smallest absolute Gasteiger partial charge is 0.155 e. The van der Waals surface area contributed by atoms with E-state index in [2.05, 4.69) is 20.6 Å². The van der Waals surface area contributed by atoms with Gasteiger partial charge in [0, 0.05) is 24.5 Å². The predicted molar refractivity (Wildman–Crippen MR) is 68.9 cm³/mol. The van der Waals surface area contributed by atoms with Crippen LogP contribution in [0.3, 0.4) is 0 Å². The van der Waals surface area contributed by atoms with Crippen LogP contribution in [0.4, 0.5) is 5.82 Å². The number of aromatic nitrogens is 3. The van der Waals surface area contributed by atoms with E-state index in [-0.39, 0.29) is 0 Å². The van der Waals surface area contributed by atoms with Gasteiger partial charge < -0.3 is 10.6 Å². The summed E-state index contributed by atoms with van der Waals surface area (Å²) in [5.41, 5.74) is 7.72. The molecule has 0 aliphatic heterocycles. The van der Waals surface area contributed by atoms with Gasteiger partial charge >= 0.3 is 0 Å². The Bertz CT molecular complexity index is 496. The van der Waals surface area contributed by atoms with Crippen LogP contribution in [0, 0.1) is 6.92 Å². The third kappa shape index (κ3) is 2.78. The quantitative estimate of drug-likeness (QED) is 0.885. The Morgan fingerprint density at radius 3 is 2.94 bits per heavy atom. The lowest BCUT2D eigenvalue weighted by molar-refractivity contribution is 0.827. The molecule has 0 spiro atoms. The Morgan fingerprint density at radius 1 is 1.47 bits per heavy atom. The number of anilines is 1. The largest absolute Gasteiger partial charge is 0.352 e. The van der Waals surface area contributed by atoms with Crippen molar-refractivity contribution in [2.45, 2.75) is 20.0 Å². The molecule has 0 saturated carbocycles. The normalized spacial score (nSPS) is 10.5. The van der Waals surface area contributed by atoms with Gasteiger partial charge in [-0.25, -0.2) is 4.98 Å². The molecule has 90 valence electrons. The van der Waals surface area contributed by atoms with E-state index in [1.165, 1.54) is 0 Å². The third-order valence-corrected chi connectivity index (χ3v) is 3.25. The van der Waals surface area contributed by atoms with Gasteiger partial charge in [0.2, 0.25) is 0 Å². The highest BCUT2D eigenvalue weighted by atomic mass is 32.1. The summed E-state index contributed by atoms with van der Waals surface area (Å²) in [6.07, 6.45) is 1.66. The molecule has 0 radical (unpaired) electrons. The van der Waals surface area contributed by atoms with Gasteiger partial charge in [-0.2, -0.15) is 5.10 Å². The predicted octanol–water partition coefficient (Wildman–Crippen LogP) is 1.34. The van der Waals surface area contributed by atoms with Gasteiger partial charge in [0.05, 0.1) is 23.4 Å². The second-order valence-corrected chi connectivity index (χ2v) is 4.86. The van der Waals surface area contributed by atoms with Gasteiger partial charge in [0.1, 0.15) is 0 Å². The SMILES string of the molecule is Cc1nc(CN(C)c2nnccc2CN)cs1. The van der Waals surface area contributed by atoms with Crippen molar-refractivity contribution >= 4 is 17.2 Å². The fourth-order valence-corrected chi connectivity index (χ4v) is 2.23. The van der Waals surface area contributed by atoms with Gasteiger partial charge in [-0.05, 0) is 13.0 Å². The lowest BCUT2D eigenvalue weighted by Gasteiger charge is -2.18. The molecule has 0 saturated heterocycles. The van der Waals surface area contributed by atoms with Crippen LogP contribution >= 0.6 is 11.3 Å². The zero-order chi connectivity index (χ0) is 12.3. The molecule has 0 bridgehead atoms. The van der Waals surface area contributed by atoms with Gasteiger partial charge in [0.25, 0.3) is 0 Å². The Hall–Kier alpha value is -1.53. The highest BCUT2D eigenvalue weighted by molar-refractivity contribution is 7.09. The van der Waals surface area contributed by atoms with Gasteiger partial charge in [0.15, 0.2) is 5.82 Å². The average Bonchev–Trinajstić information content (AvgIpc) is 2.74. The van der Waals surface area contributed by atoms with Crippen LogP contribution in [-0.2, 0) is 13.1 Å². The molecule has 2 rings (SSSR count). The molecule has 5 nitrogen and oxygen atoms in total. The number of nitrogens with zero attached hydrogens (tertiary/aromatic N) is 4. The summed E-state index contributed by atoms with van der Waals surface area (Å²) >= 11 is 1.65. The highest BCUT2D eigenvalue weighted by Gasteiger charge is 2.10. The molecule has 2 heterocycles. The van der Waals surface area contributed by atoms with Crippen molar-refractivity contribution in [2.75, 3.05) is 11.9 Å². The summed E-state index contributed by atoms with van der Waals surface area (Å²) in [4.78, 5) is 6.45. The minimum Gasteiger partial charge on any atom is -0.352 e. The lowest BCUT2D eigenvalue weighted by atomic mass is 10.2. The number of nitrogens with two attached hydrogens (primary N) is 1. The first-order valence-corrected chi connectivity index (χ1v) is 6.21. The lowest BCUT2D eigenvalue weighted by Crippen LogP contribution is -2.21. The van der Waals surface area contributed by atoms with E-state index in [0.717, 1.165) is 28.6 Å². The average molecular weight is 249 g/mol. The van der Waals surface area contributed by atoms with E-state index < -0.39 is 0 Å². The summed E-state index contributed by atoms with van der Waals surface area (Å²) in [5, 5.41) is 11.2. The summed E-state index contributed by atoms with van der Waals surface area (Å²) < 4.78 is 0. The maximum Gasteiger partial charge on any atom is 0.155 e. The number of aryl methyl sites for hydroxylation is 1. The molecule has 2 aromatic rings. The van der Waals surface area contributed by atoms with E-state index in [9.17, 15) is 0 Å². The fraction of sp³-hybridized carbons (Fsp3) is 0.364. The summed E-state index contributed by atoms with van der Waals surface area (Å²) in [7, 11) is 1.97. The molecule has 17 heavy (non-hydrogen) atoms. The second kappa shape index (κ2) is 5.20. The molecule has 0 atom stereocenters. The van der Waals surface area contributed by atoms with Gasteiger partial charge in [-0.3, -0.25) is 0 Å². The molecule has 0 amide bonds. The molecule has 2 aromatic heterocycles. The number of hydrogen-bond acceptors (Lipinski definition) is 6. The second-order valence-electron chi connectivity index (χ2n) is 3.80. The molecule has 0 aromatic carbocycles. The minimum absolute atomic E-state index is 0.464. The van der Waals surface area contributed by atoms with Crippen molar-refractivity contribution < 1.29 is 0 Å². The van der Waals surface area contributed by atoms with Crippen LogP contribution in [0.2, 0.25) is 0 Å².